The first kappa shape index (κ1) is 18.0. The summed E-state index contributed by atoms with van der Waals surface area (Å²) in [6, 6.07) is 7.84. The van der Waals surface area contributed by atoms with Crippen molar-refractivity contribution >= 4 is 11.8 Å². The Hall–Kier alpha value is -1.84. The zero-order valence-corrected chi connectivity index (χ0v) is 15.5. The van der Waals surface area contributed by atoms with Crippen LogP contribution in [0.3, 0.4) is 0 Å². The molecule has 0 unspecified atom stereocenters. The molecule has 3 atom stereocenters. The quantitative estimate of drug-likeness (QED) is 0.909. The molecule has 2 amide bonds. The van der Waals surface area contributed by atoms with Crippen molar-refractivity contribution in [3.05, 3.63) is 35.4 Å². The number of amides is 2. The Bertz CT molecular complexity index is 611. The summed E-state index contributed by atoms with van der Waals surface area (Å²) in [6.45, 7) is 5.33. The van der Waals surface area contributed by atoms with Gasteiger partial charge in [-0.25, -0.2) is 0 Å². The summed E-state index contributed by atoms with van der Waals surface area (Å²) >= 11 is 0. The topological polar surface area (TPSA) is 49.4 Å². The van der Waals surface area contributed by atoms with Gasteiger partial charge in [0.15, 0.2) is 0 Å². The molecule has 1 aromatic rings. The van der Waals surface area contributed by atoms with Crippen LogP contribution in [0.15, 0.2) is 24.3 Å². The summed E-state index contributed by atoms with van der Waals surface area (Å²) in [5.41, 5.74) is 2.18. The number of piperidine rings is 1. The molecule has 1 aromatic carbocycles. The highest BCUT2D eigenvalue weighted by Crippen LogP contribution is 2.36. The molecule has 1 N–H and O–H groups in total. The lowest BCUT2D eigenvalue weighted by molar-refractivity contribution is -0.135. The maximum Gasteiger partial charge on any atom is 0.224 e. The van der Waals surface area contributed by atoms with Crippen LogP contribution < -0.4 is 5.32 Å². The highest BCUT2D eigenvalue weighted by Gasteiger charge is 2.33. The second kappa shape index (κ2) is 8.03. The van der Waals surface area contributed by atoms with E-state index in [2.05, 4.69) is 5.32 Å². The van der Waals surface area contributed by atoms with Crippen LogP contribution in [0.4, 0.5) is 0 Å². The van der Waals surface area contributed by atoms with Gasteiger partial charge in [-0.05, 0) is 37.2 Å². The molecule has 1 aliphatic heterocycles. The van der Waals surface area contributed by atoms with E-state index in [1.165, 1.54) is 38.2 Å². The van der Waals surface area contributed by atoms with Gasteiger partial charge in [0.1, 0.15) is 0 Å². The van der Waals surface area contributed by atoms with Crippen LogP contribution in [0, 0.1) is 18.8 Å². The summed E-state index contributed by atoms with van der Waals surface area (Å²) in [6.07, 6.45) is 6.76. The second-order valence-corrected chi connectivity index (χ2v) is 7.80. The van der Waals surface area contributed by atoms with Crippen molar-refractivity contribution in [1.29, 1.82) is 0 Å². The molecule has 3 rings (SSSR count). The lowest BCUT2D eigenvalue weighted by Gasteiger charge is -2.41. The van der Waals surface area contributed by atoms with Crippen LogP contribution in [0.5, 0.6) is 0 Å². The van der Waals surface area contributed by atoms with Crippen LogP contribution in [-0.4, -0.2) is 29.8 Å². The highest BCUT2D eigenvalue weighted by molar-refractivity contribution is 5.79. The van der Waals surface area contributed by atoms with Gasteiger partial charge in [0, 0.05) is 20.0 Å². The largest absolute Gasteiger partial charge is 0.349 e. The van der Waals surface area contributed by atoms with Gasteiger partial charge in [-0.3, -0.25) is 9.59 Å². The van der Waals surface area contributed by atoms with Gasteiger partial charge in [0.25, 0.3) is 0 Å². The van der Waals surface area contributed by atoms with Gasteiger partial charge in [0.2, 0.25) is 11.8 Å². The first-order valence-corrected chi connectivity index (χ1v) is 9.64. The molecule has 4 nitrogen and oxygen atoms in total. The van der Waals surface area contributed by atoms with E-state index in [-0.39, 0.29) is 17.9 Å². The van der Waals surface area contributed by atoms with Crippen molar-refractivity contribution in [1.82, 2.24) is 10.2 Å². The smallest absolute Gasteiger partial charge is 0.224 e. The summed E-state index contributed by atoms with van der Waals surface area (Å²) in [4.78, 5) is 26.5. The minimum absolute atomic E-state index is 0.0932. The Labute approximate surface area is 151 Å². The number of likely N-dealkylation sites (tertiary alicyclic amines) is 1. The normalized spacial score (nSPS) is 24.3. The molecule has 1 saturated heterocycles. The van der Waals surface area contributed by atoms with Crippen molar-refractivity contribution in [2.24, 2.45) is 11.8 Å². The standard InChI is InChI=1S/C21H30N2O2/c1-15-7-9-18(10-8-15)20(22-16(2)24)13-21(25)23-12-11-17-5-3-4-6-19(17)14-23/h7-10,17,19-20H,3-6,11-14H2,1-2H3,(H,22,24)/t17-,19+,20-/m1/s1. The van der Waals surface area contributed by atoms with Gasteiger partial charge < -0.3 is 10.2 Å². The molecular weight excluding hydrogens is 312 g/mol. The molecule has 4 heteroatoms. The molecule has 0 radical (unpaired) electrons. The van der Waals surface area contributed by atoms with Gasteiger partial charge in [-0.2, -0.15) is 0 Å². The minimum atomic E-state index is -0.241. The fourth-order valence-electron chi connectivity index (χ4n) is 4.43. The van der Waals surface area contributed by atoms with Gasteiger partial charge >= 0.3 is 0 Å². The van der Waals surface area contributed by atoms with Crippen LogP contribution in [0.2, 0.25) is 0 Å². The molecule has 2 aliphatic rings. The molecule has 0 spiro atoms. The summed E-state index contributed by atoms with van der Waals surface area (Å²) in [7, 11) is 0. The highest BCUT2D eigenvalue weighted by atomic mass is 16.2. The minimum Gasteiger partial charge on any atom is -0.349 e. The zero-order chi connectivity index (χ0) is 17.8. The first-order valence-electron chi connectivity index (χ1n) is 9.64. The first-order chi connectivity index (χ1) is 12.0. The van der Waals surface area contributed by atoms with E-state index in [0.717, 1.165) is 31.0 Å². The van der Waals surface area contributed by atoms with E-state index >= 15 is 0 Å². The number of carbonyl (C=O) groups excluding carboxylic acids is 2. The molecule has 1 aliphatic carbocycles. The Morgan fingerprint density at radius 2 is 1.80 bits per heavy atom. The monoisotopic (exact) mass is 342 g/mol. The summed E-state index contributed by atoms with van der Waals surface area (Å²) in [5.74, 6) is 1.58. The lowest BCUT2D eigenvalue weighted by atomic mass is 9.75. The number of nitrogens with one attached hydrogen (secondary N) is 1. The number of rotatable bonds is 4. The Kier molecular flexibility index (Phi) is 5.77. The van der Waals surface area contributed by atoms with E-state index in [1.807, 2.05) is 36.1 Å². The Balaban J connectivity index is 1.65. The summed E-state index contributed by atoms with van der Waals surface area (Å²) < 4.78 is 0. The molecule has 0 aromatic heterocycles. The number of fused-ring (bicyclic) bond motifs is 1. The molecular formula is C21H30N2O2. The van der Waals surface area contributed by atoms with E-state index in [4.69, 9.17) is 0 Å². The van der Waals surface area contributed by atoms with E-state index in [1.54, 1.807) is 0 Å². The molecule has 25 heavy (non-hydrogen) atoms. The number of aryl methyl sites for hydroxylation is 1. The SMILES string of the molecule is CC(=O)N[C@H](CC(=O)N1CC[C@H]2CCCC[C@H]2C1)c1ccc(C)cc1. The predicted molar refractivity (Wildman–Crippen MR) is 99.0 cm³/mol. The maximum absolute atomic E-state index is 12.9. The third-order valence-corrected chi connectivity index (χ3v) is 5.88. The van der Waals surface area contributed by atoms with Crippen LogP contribution in [0.25, 0.3) is 0 Å². The fourth-order valence-corrected chi connectivity index (χ4v) is 4.43. The average Bonchev–Trinajstić information content (AvgIpc) is 2.61. The number of carbonyl (C=O) groups is 2. The maximum atomic E-state index is 12.9. The number of nitrogens with zero attached hydrogens (tertiary/aromatic N) is 1. The molecule has 1 heterocycles. The van der Waals surface area contributed by atoms with E-state index < -0.39 is 0 Å². The lowest BCUT2D eigenvalue weighted by Crippen LogP contribution is -2.45. The Morgan fingerprint density at radius 1 is 1.12 bits per heavy atom. The average molecular weight is 342 g/mol. The molecule has 2 fully saturated rings. The molecule has 0 bridgehead atoms. The van der Waals surface area contributed by atoms with Crippen LogP contribution >= 0.6 is 0 Å². The number of hydrogen-bond acceptors (Lipinski definition) is 2. The molecule has 136 valence electrons. The van der Waals surface area contributed by atoms with Crippen molar-refractivity contribution in [2.45, 2.75) is 58.4 Å². The van der Waals surface area contributed by atoms with Crippen molar-refractivity contribution in [3.63, 3.8) is 0 Å². The fraction of sp³-hybridized carbons (Fsp3) is 0.619. The van der Waals surface area contributed by atoms with Crippen molar-refractivity contribution in [3.8, 4) is 0 Å². The van der Waals surface area contributed by atoms with Crippen LogP contribution in [0.1, 0.15) is 62.6 Å². The van der Waals surface area contributed by atoms with Crippen molar-refractivity contribution in [2.75, 3.05) is 13.1 Å². The van der Waals surface area contributed by atoms with E-state index in [9.17, 15) is 9.59 Å². The van der Waals surface area contributed by atoms with E-state index in [0.29, 0.717) is 12.3 Å². The Morgan fingerprint density at radius 3 is 2.48 bits per heavy atom. The number of hydrogen-bond donors (Lipinski definition) is 1. The van der Waals surface area contributed by atoms with Crippen LogP contribution in [-0.2, 0) is 9.59 Å². The second-order valence-electron chi connectivity index (χ2n) is 7.80. The third-order valence-electron chi connectivity index (χ3n) is 5.88. The third kappa shape index (κ3) is 4.62. The van der Waals surface area contributed by atoms with Gasteiger partial charge in [0.05, 0.1) is 12.5 Å². The van der Waals surface area contributed by atoms with Gasteiger partial charge in [-0.15, -0.1) is 0 Å². The zero-order valence-electron chi connectivity index (χ0n) is 15.5. The van der Waals surface area contributed by atoms with Crippen molar-refractivity contribution < 1.29 is 9.59 Å². The molecule has 1 saturated carbocycles. The summed E-state index contributed by atoms with van der Waals surface area (Å²) in [5, 5.41) is 2.96. The predicted octanol–water partition coefficient (Wildman–Crippen LogP) is 3.60. The number of benzene rings is 1. The van der Waals surface area contributed by atoms with Gasteiger partial charge in [-0.1, -0.05) is 49.1 Å².